The second kappa shape index (κ2) is 6.00. The Morgan fingerprint density at radius 3 is 2.65 bits per heavy atom. The Hall–Kier alpha value is -1.10. The molecule has 1 heterocycles. The molecule has 5 nitrogen and oxygen atoms in total. The number of carbonyl (C=O) groups is 2. The van der Waals surface area contributed by atoms with Gasteiger partial charge in [-0.3, -0.25) is 4.79 Å². The standard InChI is InChI=1S/C12H22N2O3/c1-3-7-13-9-10(15)14-8-5-6-12(14,4-2)11(16)17/h13H,3-9H2,1-2H3,(H,16,17). The Kier molecular flexibility index (Phi) is 4.93. The van der Waals surface area contributed by atoms with Gasteiger partial charge in [0.05, 0.1) is 6.54 Å². The van der Waals surface area contributed by atoms with Crippen molar-refractivity contribution in [1.82, 2.24) is 10.2 Å². The first kappa shape index (κ1) is 14.0. The highest BCUT2D eigenvalue weighted by atomic mass is 16.4. The lowest BCUT2D eigenvalue weighted by molar-refractivity contribution is -0.156. The summed E-state index contributed by atoms with van der Waals surface area (Å²) in [6.07, 6.45) is 2.78. The van der Waals surface area contributed by atoms with E-state index >= 15 is 0 Å². The second-order valence-electron chi connectivity index (χ2n) is 4.52. The quantitative estimate of drug-likeness (QED) is 0.677. The third kappa shape index (κ3) is 2.77. The SMILES string of the molecule is CCCNCC(=O)N1CCCC1(CC)C(=O)O. The Morgan fingerprint density at radius 2 is 2.12 bits per heavy atom. The monoisotopic (exact) mass is 242 g/mol. The van der Waals surface area contributed by atoms with Crippen LogP contribution in [0.1, 0.15) is 39.5 Å². The minimum Gasteiger partial charge on any atom is -0.479 e. The Balaban J connectivity index is 2.67. The highest BCUT2D eigenvalue weighted by molar-refractivity contribution is 5.88. The molecule has 1 saturated heterocycles. The molecule has 0 saturated carbocycles. The number of amides is 1. The van der Waals surface area contributed by atoms with Gasteiger partial charge in [0.15, 0.2) is 0 Å². The number of rotatable bonds is 6. The molecule has 1 rings (SSSR count). The molecular weight excluding hydrogens is 220 g/mol. The summed E-state index contributed by atoms with van der Waals surface area (Å²) in [5.74, 6) is -0.971. The fraction of sp³-hybridized carbons (Fsp3) is 0.833. The average Bonchev–Trinajstić information content (AvgIpc) is 2.74. The number of carboxylic acid groups (broad SMARTS) is 1. The Morgan fingerprint density at radius 1 is 1.41 bits per heavy atom. The minimum absolute atomic E-state index is 0.0970. The number of hydrogen-bond donors (Lipinski definition) is 2. The van der Waals surface area contributed by atoms with Crippen LogP contribution in [0.25, 0.3) is 0 Å². The summed E-state index contributed by atoms with van der Waals surface area (Å²) in [6.45, 7) is 5.45. The van der Waals surface area contributed by atoms with Crippen molar-refractivity contribution >= 4 is 11.9 Å². The number of nitrogens with one attached hydrogen (secondary N) is 1. The van der Waals surface area contributed by atoms with Gasteiger partial charge in [0.2, 0.25) is 5.91 Å². The molecule has 1 unspecified atom stereocenters. The molecular formula is C12H22N2O3. The summed E-state index contributed by atoms with van der Waals surface area (Å²) >= 11 is 0. The summed E-state index contributed by atoms with van der Waals surface area (Å²) in [7, 11) is 0. The van der Waals surface area contributed by atoms with E-state index in [1.54, 1.807) is 0 Å². The van der Waals surface area contributed by atoms with E-state index in [9.17, 15) is 14.7 Å². The van der Waals surface area contributed by atoms with E-state index in [1.807, 2.05) is 13.8 Å². The van der Waals surface area contributed by atoms with E-state index in [2.05, 4.69) is 5.32 Å². The van der Waals surface area contributed by atoms with Crippen molar-refractivity contribution in [3.05, 3.63) is 0 Å². The summed E-state index contributed by atoms with van der Waals surface area (Å²) < 4.78 is 0. The first-order valence-corrected chi connectivity index (χ1v) is 6.33. The van der Waals surface area contributed by atoms with Crippen molar-refractivity contribution in [3.8, 4) is 0 Å². The molecule has 17 heavy (non-hydrogen) atoms. The Labute approximate surface area is 102 Å². The van der Waals surface area contributed by atoms with Gasteiger partial charge in [-0.25, -0.2) is 4.79 Å². The number of carbonyl (C=O) groups excluding carboxylic acids is 1. The maximum Gasteiger partial charge on any atom is 0.329 e. The maximum absolute atomic E-state index is 12.0. The zero-order valence-corrected chi connectivity index (χ0v) is 10.7. The predicted octanol–water partition coefficient (Wildman–Crippen LogP) is 0.842. The smallest absolute Gasteiger partial charge is 0.329 e. The molecule has 1 fully saturated rings. The van der Waals surface area contributed by atoms with E-state index < -0.39 is 11.5 Å². The van der Waals surface area contributed by atoms with Crippen LogP contribution in [-0.2, 0) is 9.59 Å². The molecule has 0 bridgehead atoms. The van der Waals surface area contributed by atoms with Gasteiger partial charge in [0, 0.05) is 6.54 Å². The van der Waals surface area contributed by atoms with Gasteiger partial charge in [-0.1, -0.05) is 13.8 Å². The van der Waals surface area contributed by atoms with Crippen LogP contribution in [0.15, 0.2) is 0 Å². The molecule has 0 spiro atoms. The van der Waals surface area contributed by atoms with Gasteiger partial charge in [-0.15, -0.1) is 0 Å². The van der Waals surface area contributed by atoms with Crippen molar-refractivity contribution in [1.29, 1.82) is 0 Å². The number of carboxylic acids is 1. The van der Waals surface area contributed by atoms with Crippen molar-refractivity contribution < 1.29 is 14.7 Å². The molecule has 1 aliphatic heterocycles. The zero-order valence-electron chi connectivity index (χ0n) is 10.7. The first-order valence-electron chi connectivity index (χ1n) is 6.33. The largest absolute Gasteiger partial charge is 0.479 e. The normalized spacial score (nSPS) is 24.0. The highest BCUT2D eigenvalue weighted by Gasteiger charge is 2.48. The average molecular weight is 242 g/mol. The van der Waals surface area contributed by atoms with Crippen molar-refractivity contribution in [3.63, 3.8) is 0 Å². The molecule has 98 valence electrons. The van der Waals surface area contributed by atoms with Crippen LogP contribution >= 0.6 is 0 Å². The molecule has 0 aromatic carbocycles. The van der Waals surface area contributed by atoms with Gasteiger partial charge < -0.3 is 15.3 Å². The van der Waals surface area contributed by atoms with Crippen LogP contribution in [-0.4, -0.2) is 47.1 Å². The third-order valence-corrected chi connectivity index (χ3v) is 3.48. The van der Waals surface area contributed by atoms with Crippen LogP contribution in [0.2, 0.25) is 0 Å². The fourth-order valence-electron chi connectivity index (χ4n) is 2.45. The summed E-state index contributed by atoms with van der Waals surface area (Å²) in [6, 6.07) is 0. The second-order valence-corrected chi connectivity index (χ2v) is 4.52. The number of nitrogens with zero attached hydrogens (tertiary/aromatic N) is 1. The van der Waals surface area contributed by atoms with Crippen molar-refractivity contribution in [2.45, 2.75) is 45.1 Å². The zero-order chi connectivity index (χ0) is 12.9. The topological polar surface area (TPSA) is 69.6 Å². The van der Waals surface area contributed by atoms with Crippen LogP contribution in [0.4, 0.5) is 0 Å². The van der Waals surface area contributed by atoms with E-state index in [0.29, 0.717) is 19.4 Å². The summed E-state index contributed by atoms with van der Waals surface area (Å²) in [5.41, 5.74) is -0.967. The number of hydrogen-bond acceptors (Lipinski definition) is 3. The predicted molar refractivity (Wildman–Crippen MR) is 64.8 cm³/mol. The van der Waals surface area contributed by atoms with Gasteiger partial charge in [0.25, 0.3) is 0 Å². The minimum atomic E-state index is -0.967. The van der Waals surface area contributed by atoms with Gasteiger partial charge in [-0.2, -0.15) is 0 Å². The first-order chi connectivity index (χ1) is 8.08. The lowest BCUT2D eigenvalue weighted by Gasteiger charge is -2.34. The molecule has 0 aromatic heterocycles. The summed E-state index contributed by atoms with van der Waals surface area (Å²) in [4.78, 5) is 24.9. The maximum atomic E-state index is 12.0. The molecule has 1 atom stereocenters. The van der Waals surface area contributed by atoms with Crippen LogP contribution in [0, 0.1) is 0 Å². The van der Waals surface area contributed by atoms with E-state index in [4.69, 9.17) is 0 Å². The van der Waals surface area contributed by atoms with Gasteiger partial charge >= 0.3 is 5.97 Å². The van der Waals surface area contributed by atoms with Crippen molar-refractivity contribution in [2.24, 2.45) is 0 Å². The van der Waals surface area contributed by atoms with Gasteiger partial charge in [-0.05, 0) is 32.2 Å². The van der Waals surface area contributed by atoms with Crippen molar-refractivity contribution in [2.75, 3.05) is 19.6 Å². The number of aliphatic carboxylic acids is 1. The Bertz CT molecular complexity index is 293. The highest BCUT2D eigenvalue weighted by Crippen LogP contribution is 2.32. The lowest BCUT2D eigenvalue weighted by atomic mass is 9.93. The van der Waals surface area contributed by atoms with Crippen LogP contribution in [0.3, 0.4) is 0 Å². The number of likely N-dealkylation sites (tertiary alicyclic amines) is 1. The molecule has 0 aromatic rings. The third-order valence-electron chi connectivity index (χ3n) is 3.48. The molecule has 0 aliphatic carbocycles. The van der Waals surface area contributed by atoms with E-state index in [1.165, 1.54) is 4.90 Å². The van der Waals surface area contributed by atoms with E-state index in [0.717, 1.165) is 19.4 Å². The molecule has 1 amide bonds. The molecule has 0 radical (unpaired) electrons. The molecule has 1 aliphatic rings. The molecule has 5 heteroatoms. The van der Waals surface area contributed by atoms with Crippen LogP contribution in [0.5, 0.6) is 0 Å². The van der Waals surface area contributed by atoms with Gasteiger partial charge in [0.1, 0.15) is 5.54 Å². The molecule has 2 N–H and O–H groups in total. The fourth-order valence-corrected chi connectivity index (χ4v) is 2.45. The van der Waals surface area contributed by atoms with E-state index in [-0.39, 0.29) is 12.5 Å². The van der Waals surface area contributed by atoms with Crippen LogP contribution < -0.4 is 5.32 Å². The lowest BCUT2D eigenvalue weighted by Crippen LogP contribution is -2.54. The summed E-state index contributed by atoms with van der Waals surface area (Å²) in [5, 5.41) is 12.4.